The Balaban J connectivity index is 1.89. The van der Waals surface area contributed by atoms with Gasteiger partial charge in [-0.25, -0.2) is 10.8 Å². The first kappa shape index (κ1) is 10.2. The number of aromatic nitrogens is 1. The number of hydrogen-bond acceptors (Lipinski definition) is 4. The minimum atomic E-state index is 0.651. The maximum Gasteiger partial charge on any atom is 0.141 e. The number of hydrogen-bond donors (Lipinski definition) is 3. The summed E-state index contributed by atoms with van der Waals surface area (Å²) in [5, 5.41) is 3.49. The number of nitrogens with one attached hydrogen (secondary N) is 2. The molecule has 82 valence electrons. The Bertz CT molecular complexity index is 326. The van der Waals surface area contributed by atoms with Gasteiger partial charge in [-0.2, -0.15) is 0 Å². The van der Waals surface area contributed by atoms with Gasteiger partial charge in [-0.1, -0.05) is 13.3 Å². The van der Waals surface area contributed by atoms with Crippen molar-refractivity contribution in [2.45, 2.75) is 32.2 Å². The molecule has 1 saturated carbocycles. The molecule has 1 aliphatic rings. The number of hydrazine groups is 1. The van der Waals surface area contributed by atoms with Crippen LogP contribution in [-0.2, 0) is 0 Å². The molecule has 1 aliphatic carbocycles. The topological polar surface area (TPSA) is 63.0 Å². The van der Waals surface area contributed by atoms with Crippen molar-refractivity contribution in [1.29, 1.82) is 0 Å². The van der Waals surface area contributed by atoms with Crippen LogP contribution in [0.25, 0.3) is 0 Å². The van der Waals surface area contributed by atoms with E-state index in [4.69, 9.17) is 5.84 Å². The van der Waals surface area contributed by atoms with Gasteiger partial charge in [-0.05, 0) is 24.8 Å². The maximum absolute atomic E-state index is 5.30. The number of nitrogens with zero attached hydrogens (tertiary/aromatic N) is 1. The molecule has 0 bridgehead atoms. The maximum atomic E-state index is 5.30. The largest absolute Gasteiger partial charge is 0.382 e. The number of anilines is 2. The number of pyridine rings is 1. The fraction of sp³-hybridized carbons (Fsp3) is 0.545. The fourth-order valence-corrected chi connectivity index (χ4v) is 1.93. The van der Waals surface area contributed by atoms with Crippen molar-refractivity contribution in [2.75, 3.05) is 10.7 Å². The van der Waals surface area contributed by atoms with Crippen LogP contribution in [0.1, 0.15) is 26.2 Å². The van der Waals surface area contributed by atoms with E-state index in [0.717, 1.165) is 11.6 Å². The summed E-state index contributed by atoms with van der Waals surface area (Å²) < 4.78 is 0. The third-order valence-electron chi connectivity index (χ3n) is 2.84. The van der Waals surface area contributed by atoms with Crippen molar-refractivity contribution in [3.05, 3.63) is 18.3 Å². The Labute approximate surface area is 90.2 Å². The quantitative estimate of drug-likeness (QED) is 0.509. The lowest BCUT2D eigenvalue weighted by Gasteiger charge is -2.06. The van der Waals surface area contributed by atoms with E-state index >= 15 is 0 Å². The molecule has 2 rings (SSSR count). The lowest BCUT2D eigenvalue weighted by molar-refractivity contribution is 0.693. The minimum Gasteiger partial charge on any atom is -0.382 e. The van der Waals surface area contributed by atoms with Crippen LogP contribution < -0.4 is 16.6 Å². The first-order valence-corrected chi connectivity index (χ1v) is 5.52. The molecule has 4 N–H and O–H groups in total. The van der Waals surface area contributed by atoms with Crippen LogP contribution in [0.5, 0.6) is 0 Å². The zero-order valence-electron chi connectivity index (χ0n) is 9.03. The first-order valence-electron chi connectivity index (χ1n) is 5.52. The van der Waals surface area contributed by atoms with Crippen molar-refractivity contribution < 1.29 is 0 Å². The summed E-state index contributed by atoms with van der Waals surface area (Å²) in [4.78, 5) is 4.06. The van der Waals surface area contributed by atoms with Gasteiger partial charge in [0, 0.05) is 24.0 Å². The molecule has 1 aromatic rings. The predicted molar refractivity (Wildman–Crippen MR) is 62.5 cm³/mol. The third kappa shape index (κ3) is 2.59. The summed E-state index contributed by atoms with van der Waals surface area (Å²) in [6, 6.07) is 4.56. The monoisotopic (exact) mass is 206 g/mol. The van der Waals surface area contributed by atoms with Crippen molar-refractivity contribution >= 4 is 11.5 Å². The normalized spacial score (nSPS) is 23.6. The summed E-state index contributed by atoms with van der Waals surface area (Å²) in [5.41, 5.74) is 3.64. The highest BCUT2D eigenvalue weighted by molar-refractivity contribution is 5.52. The Kier molecular flexibility index (Phi) is 3.06. The van der Waals surface area contributed by atoms with Gasteiger partial charge in [0.15, 0.2) is 0 Å². The van der Waals surface area contributed by atoms with Crippen LogP contribution in [0, 0.1) is 5.92 Å². The molecular weight excluding hydrogens is 188 g/mol. The molecule has 0 spiro atoms. The van der Waals surface area contributed by atoms with Crippen LogP contribution >= 0.6 is 0 Å². The summed E-state index contributed by atoms with van der Waals surface area (Å²) in [6.45, 7) is 2.23. The highest BCUT2D eigenvalue weighted by Gasteiger charge is 2.35. The third-order valence-corrected chi connectivity index (χ3v) is 2.84. The summed E-state index contributed by atoms with van der Waals surface area (Å²) in [6.07, 6.45) is 5.65. The van der Waals surface area contributed by atoms with E-state index in [0.29, 0.717) is 11.9 Å². The fourth-order valence-electron chi connectivity index (χ4n) is 1.93. The van der Waals surface area contributed by atoms with Gasteiger partial charge >= 0.3 is 0 Å². The van der Waals surface area contributed by atoms with Crippen LogP contribution in [-0.4, -0.2) is 11.0 Å². The van der Waals surface area contributed by atoms with Crippen LogP contribution in [0.15, 0.2) is 18.3 Å². The van der Waals surface area contributed by atoms with Crippen molar-refractivity contribution in [1.82, 2.24) is 4.98 Å². The summed E-state index contributed by atoms with van der Waals surface area (Å²) in [5.74, 6) is 6.86. The Hall–Kier alpha value is -1.29. The zero-order chi connectivity index (χ0) is 10.7. The molecule has 1 fully saturated rings. The van der Waals surface area contributed by atoms with Gasteiger partial charge in [0.25, 0.3) is 0 Å². The van der Waals surface area contributed by atoms with Crippen LogP contribution in [0.4, 0.5) is 11.5 Å². The Morgan fingerprint density at radius 1 is 1.60 bits per heavy atom. The van der Waals surface area contributed by atoms with Crippen molar-refractivity contribution in [3.63, 3.8) is 0 Å². The SMILES string of the molecule is CCCC1CC1Nc1ccnc(NN)c1. The lowest BCUT2D eigenvalue weighted by atomic mass is 10.2. The van der Waals surface area contributed by atoms with Crippen molar-refractivity contribution in [2.24, 2.45) is 11.8 Å². The van der Waals surface area contributed by atoms with Gasteiger partial charge < -0.3 is 10.7 Å². The van der Waals surface area contributed by atoms with E-state index in [1.807, 2.05) is 12.1 Å². The molecule has 1 heterocycles. The molecule has 0 saturated heterocycles. The highest BCUT2D eigenvalue weighted by atomic mass is 15.2. The van der Waals surface area contributed by atoms with E-state index < -0.39 is 0 Å². The average molecular weight is 206 g/mol. The van der Waals surface area contributed by atoms with E-state index in [1.54, 1.807) is 6.20 Å². The number of nitrogens with two attached hydrogens (primary N) is 1. The van der Waals surface area contributed by atoms with E-state index in [2.05, 4.69) is 22.7 Å². The van der Waals surface area contributed by atoms with Gasteiger partial charge in [0.2, 0.25) is 0 Å². The minimum absolute atomic E-state index is 0.651. The van der Waals surface area contributed by atoms with E-state index in [1.165, 1.54) is 19.3 Å². The summed E-state index contributed by atoms with van der Waals surface area (Å²) in [7, 11) is 0. The van der Waals surface area contributed by atoms with Crippen molar-refractivity contribution in [3.8, 4) is 0 Å². The zero-order valence-corrected chi connectivity index (χ0v) is 9.03. The summed E-state index contributed by atoms with van der Waals surface area (Å²) >= 11 is 0. The highest BCUT2D eigenvalue weighted by Crippen LogP contribution is 2.37. The molecule has 2 atom stereocenters. The van der Waals surface area contributed by atoms with E-state index in [9.17, 15) is 0 Å². The average Bonchev–Trinajstić information content (AvgIpc) is 2.97. The molecule has 0 aliphatic heterocycles. The molecule has 0 amide bonds. The molecule has 0 radical (unpaired) electrons. The second-order valence-electron chi connectivity index (χ2n) is 4.11. The molecule has 0 aromatic carbocycles. The second-order valence-corrected chi connectivity index (χ2v) is 4.11. The first-order chi connectivity index (χ1) is 7.33. The lowest BCUT2D eigenvalue weighted by Crippen LogP contribution is -2.10. The number of rotatable bonds is 5. The number of nitrogen functional groups attached to an aromatic ring is 1. The van der Waals surface area contributed by atoms with Gasteiger partial charge in [-0.3, -0.25) is 0 Å². The molecule has 2 unspecified atom stereocenters. The van der Waals surface area contributed by atoms with Gasteiger partial charge in [-0.15, -0.1) is 0 Å². The molecule has 15 heavy (non-hydrogen) atoms. The predicted octanol–water partition coefficient (Wildman–Crippen LogP) is 1.97. The van der Waals surface area contributed by atoms with E-state index in [-0.39, 0.29) is 0 Å². The van der Waals surface area contributed by atoms with Gasteiger partial charge in [0.1, 0.15) is 5.82 Å². The smallest absolute Gasteiger partial charge is 0.141 e. The standard InChI is InChI=1S/C11H18N4/c1-2-3-8-6-10(8)14-9-4-5-13-11(7-9)15-12/h4-5,7-8,10H,2-3,6,12H2,1H3,(H2,13,14,15). The molecule has 4 heteroatoms. The van der Waals surface area contributed by atoms with Crippen LogP contribution in [0.2, 0.25) is 0 Å². The molecule has 1 aromatic heterocycles. The Morgan fingerprint density at radius 2 is 2.47 bits per heavy atom. The second kappa shape index (κ2) is 4.49. The molecule has 4 nitrogen and oxygen atoms in total. The van der Waals surface area contributed by atoms with Crippen LogP contribution in [0.3, 0.4) is 0 Å². The molecular formula is C11H18N4. The Morgan fingerprint density at radius 3 is 3.20 bits per heavy atom. The van der Waals surface area contributed by atoms with Gasteiger partial charge in [0.05, 0.1) is 0 Å².